The first kappa shape index (κ1) is 9.47. The highest BCUT2D eigenvalue weighted by Gasteiger charge is 2.02. The molecule has 4 nitrogen and oxygen atoms in total. The summed E-state index contributed by atoms with van der Waals surface area (Å²) < 4.78 is 12.9. The second-order valence-corrected chi connectivity index (χ2v) is 2.50. The van der Waals surface area contributed by atoms with E-state index in [1.165, 1.54) is 18.2 Å². The summed E-state index contributed by atoms with van der Waals surface area (Å²) >= 11 is 0. The van der Waals surface area contributed by atoms with Crippen LogP contribution in [0, 0.1) is 5.82 Å². The number of hydrogen-bond donors (Lipinski definition) is 3. The summed E-state index contributed by atoms with van der Waals surface area (Å²) in [5.74, 6) is -0.391. The highest BCUT2D eigenvalue weighted by molar-refractivity contribution is 5.87. The Morgan fingerprint density at radius 2 is 2.23 bits per heavy atom. The normalized spacial score (nSPS) is 9.69. The average molecular weight is 183 g/mol. The van der Waals surface area contributed by atoms with Gasteiger partial charge in [0, 0.05) is 17.8 Å². The quantitative estimate of drug-likeness (QED) is 0.633. The van der Waals surface area contributed by atoms with Crippen LogP contribution in [-0.2, 0) is 6.54 Å². The predicted octanol–water partition coefficient (Wildman–Crippen LogP) is 0.775. The SMILES string of the molecule is NCc1cc(NC(N)=O)ccc1F. The molecule has 0 aliphatic carbocycles. The van der Waals surface area contributed by atoms with Gasteiger partial charge in [-0.05, 0) is 18.2 Å². The maximum Gasteiger partial charge on any atom is 0.316 e. The minimum Gasteiger partial charge on any atom is -0.351 e. The second-order valence-electron chi connectivity index (χ2n) is 2.50. The number of primary amides is 1. The van der Waals surface area contributed by atoms with Crippen molar-refractivity contribution in [3.63, 3.8) is 0 Å². The van der Waals surface area contributed by atoms with Crippen molar-refractivity contribution < 1.29 is 9.18 Å². The van der Waals surface area contributed by atoms with Crippen molar-refractivity contribution in [3.05, 3.63) is 29.6 Å². The van der Waals surface area contributed by atoms with Crippen LogP contribution in [0.1, 0.15) is 5.56 Å². The zero-order chi connectivity index (χ0) is 9.84. The molecule has 5 N–H and O–H groups in total. The largest absolute Gasteiger partial charge is 0.351 e. The number of carbonyl (C=O) groups is 1. The molecule has 0 unspecified atom stereocenters. The van der Waals surface area contributed by atoms with Crippen LogP contribution < -0.4 is 16.8 Å². The molecular weight excluding hydrogens is 173 g/mol. The minimum atomic E-state index is -0.686. The van der Waals surface area contributed by atoms with Crippen LogP contribution in [0.4, 0.5) is 14.9 Å². The Hall–Kier alpha value is -1.62. The molecule has 0 spiro atoms. The van der Waals surface area contributed by atoms with E-state index in [0.717, 1.165) is 0 Å². The fourth-order valence-electron chi connectivity index (χ4n) is 0.951. The first-order valence-corrected chi connectivity index (χ1v) is 3.68. The summed E-state index contributed by atoms with van der Waals surface area (Å²) in [6.45, 7) is 0.0834. The van der Waals surface area contributed by atoms with Crippen LogP contribution in [0.25, 0.3) is 0 Å². The molecule has 0 bridgehead atoms. The molecule has 2 amide bonds. The number of urea groups is 1. The molecule has 1 aromatic rings. The summed E-state index contributed by atoms with van der Waals surface area (Å²) in [5.41, 5.74) is 10.9. The Morgan fingerprint density at radius 1 is 1.54 bits per heavy atom. The van der Waals surface area contributed by atoms with E-state index in [4.69, 9.17) is 11.5 Å². The maximum absolute atomic E-state index is 12.9. The molecule has 0 saturated heterocycles. The lowest BCUT2D eigenvalue weighted by Crippen LogP contribution is -2.19. The van der Waals surface area contributed by atoms with Crippen molar-refractivity contribution in [2.75, 3.05) is 5.32 Å². The van der Waals surface area contributed by atoms with Crippen LogP contribution >= 0.6 is 0 Å². The smallest absolute Gasteiger partial charge is 0.316 e. The van der Waals surface area contributed by atoms with Gasteiger partial charge in [0.15, 0.2) is 0 Å². The fourth-order valence-corrected chi connectivity index (χ4v) is 0.951. The van der Waals surface area contributed by atoms with Crippen molar-refractivity contribution >= 4 is 11.7 Å². The lowest BCUT2D eigenvalue weighted by Gasteiger charge is -2.04. The van der Waals surface area contributed by atoms with Gasteiger partial charge in [0.1, 0.15) is 5.82 Å². The lowest BCUT2D eigenvalue weighted by molar-refractivity contribution is 0.259. The molecule has 0 heterocycles. The van der Waals surface area contributed by atoms with Gasteiger partial charge in [0.2, 0.25) is 0 Å². The van der Waals surface area contributed by atoms with Gasteiger partial charge in [-0.25, -0.2) is 9.18 Å². The van der Waals surface area contributed by atoms with E-state index >= 15 is 0 Å². The maximum atomic E-state index is 12.9. The summed E-state index contributed by atoms with van der Waals surface area (Å²) in [7, 11) is 0. The average Bonchev–Trinajstić information content (AvgIpc) is 2.07. The van der Waals surface area contributed by atoms with Gasteiger partial charge in [-0.1, -0.05) is 0 Å². The van der Waals surface area contributed by atoms with Crippen molar-refractivity contribution in [2.45, 2.75) is 6.54 Å². The molecule has 0 aromatic heterocycles. The monoisotopic (exact) mass is 183 g/mol. The molecule has 70 valence electrons. The van der Waals surface area contributed by atoms with E-state index in [2.05, 4.69) is 5.32 Å². The predicted molar refractivity (Wildman–Crippen MR) is 47.5 cm³/mol. The third-order valence-electron chi connectivity index (χ3n) is 1.53. The Balaban J connectivity index is 2.92. The molecule has 0 atom stereocenters. The van der Waals surface area contributed by atoms with E-state index in [-0.39, 0.29) is 6.54 Å². The van der Waals surface area contributed by atoms with E-state index in [0.29, 0.717) is 11.3 Å². The summed E-state index contributed by atoms with van der Waals surface area (Å²) in [6.07, 6.45) is 0. The standard InChI is InChI=1S/C8H10FN3O/c9-7-2-1-6(12-8(11)13)3-5(7)4-10/h1-3H,4,10H2,(H3,11,12,13). The zero-order valence-electron chi connectivity index (χ0n) is 6.88. The lowest BCUT2D eigenvalue weighted by atomic mass is 10.2. The molecule has 1 rings (SSSR count). The Morgan fingerprint density at radius 3 is 2.77 bits per heavy atom. The number of nitrogens with two attached hydrogens (primary N) is 2. The molecule has 0 radical (unpaired) electrons. The Bertz CT molecular complexity index is 327. The highest BCUT2D eigenvalue weighted by Crippen LogP contribution is 2.13. The third kappa shape index (κ3) is 2.41. The molecule has 13 heavy (non-hydrogen) atoms. The minimum absolute atomic E-state index is 0.0834. The van der Waals surface area contributed by atoms with Crippen molar-refractivity contribution in [3.8, 4) is 0 Å². The van der Waals surface area contributed by atoms with Gasteiger partial charge >= 0.3 is 6.03 Å². The summed E-state index contributed by atoms with van der Waals surface area (Å²) in [6, 6.07) is 3.40. The number of rotatable bonds is 2. The van der Waals surface area contributed by atoms with Crippen LogP contribution in [0.2, 0.25) is 0 Å². The first-order chi connectivity index (χ1) is 6.13. The molecule has 1 aromatic carbocycles. The van der Waals surface area contributed by atoms with E-state index in [1.807, 2.05) is 0 Å². The molecule has 5 heteroatoms. The van der Waals surface area contributed by atoms with Gasteiger partial charge in [-0.2, -0.15) is 0 Å². The second kappa shape index (κ2) is 3.86. The third-order valence-corrected chi connectivity index (χ3v) is 1.53. The first-order valence-electron chi connectivity index (χ1n) is 3.68. The van der Waals surface area contributed by atoms with Crippen LogP contribution in [0.15, 0.2) is 18.2 Å². The van der Waals surface area contributed by atoms with Crippen molar-refractivity contribution in [1.82, 2.24) is 0 Å². The molecule has 0 aliphatic rings. The van der Waals surface area contributed by atoms with E-state index in [1.54, 1.807) is 0 Å². The van der Waals surface area contributed by atoms with Crippen molar-refractivity contribution in [1.29, 1.82) is 0 Å². The van der Waals surface area contributed by atoms with Gasteiger partial charge in [0.05, 0.1) is 0 Å². The van der Waals surface area contributed by atoms with Crippen molar-refractivity contribution in [2.24, 2.45) is 11.5 Å². The molecule has 0 aliphatic heterocycles. The molecular formula is C8H10FN3O. The van der Waals surface area contributed by atoms with Crippen LogP contribution in [0.5, 0.6) is 0 Å². The van der Waals surface area contributed by atoms with Gasteiger partial charge in [-0.3, -0.25) is 0 Å². The number of carbonyl (C=O) groups excluding carboxylic acids is 1. The molecule has 0 saturated carbocycles. The Labute approximate surface area is 74.7 Å². The van der Waals surface area contributed by atoms with Gasteiger partial charge < -0.3 is 16.8 Å². The highest BCUT2D eigenvalue weighted by atomic mass is 19.1. The summed E-state index contributed by atoms with van der Waals surface area (Å²) in [5, 5.41) is 2.32. The van der Waals surface area contributed by atoms with Gasteiger partial charge in [-0.15, -0.1) is 0 Å². The number of amides is 2. The fraction of sp³-hybridized carbons (Fsp3) is 0.125. The van der Waals surface area contributed by atoms with Crippen LogP contribution in [-0.4, -0.2) is 6.03 Å². The topological polar surface area (TPSA) is 81.1 Å². The number of anilines is 1. The van der Waals surface area contributed by atoms with Gasteiger partial charge in [0.25, 0.3) is 0 Å². The zero-order valence-corrected chi connectivity index (χ0v) is 6.88. The number of halogens is 1. The van der Waals surface area contributed by atoms with Crippen LogP contribution in [0.3, 0.4) is 0 Å². The number of nitrogens with one attached hydrogen (secondary N) is 1. The number of benzene rings is 1. The summed E-state index contributed by atoms with van der Waals surface area (Å²) in [4.78, 5) is 10.4. The van der Waals surface area contributed by atoms with E-state index < -0.39 is 11.8 Å². The molecule has 0 fully saturated rings. The van der Waals surface area contributed by atoms with E-state index in [9.17, 15) is 9.18 Å². The number of hydrogen-bond acceptors (Lipinski definition) is 2. The Kier molecular flexibility index (Phi) is 2.81.